The molecule has 0 aromatic heterocycles. The molecule has 1 unspecified atom stereocenters. The highest BCUT2D eigenvalue weighted by atomic mass is 16.6. The van der Waals surface area contributed by atoms with Gasteiger partial charge in [0.05, 0.1) is 6.61 Å². The topological polar surface area (TPSA) is 24.5 Å². The van der Waals surface area contributed by atoms with Gasteiger partial charge in [0.1, 0.15) is 0 Å². The van der Waals surface area contributed by atoms with Crippen LogP contribution in [0.4, 0.5) is 0 Å². The molecule has 3 heteroatoms. The molecular weight excluding hydrogens is 140 g/mol. The van der Waals surface area contributed by atoms with E-state index in [0.717, 1.165) is 12.5 Å². The molecule has 0 radical (unpaired) electrons. The molecule has 0 aromatic carbocycles. The molecule has 0 saturated carbocycles. The summed E-state index contributed by atoms with van der Waals surface area (Å²) in [6.07, 6.45) is 2.52. The summed E-state index contributed by atoms with van der Waals surface area (Å²) in [6.45, 7) is 3.34. The summed E-state index contributed by atoms with van der Waals surface area (Å²) >= 11 is 0. The van der Waals surface area contributed by atoms with Gasteiger partial charge in [0.25, 0.3) is 0 Å². The Kier molecular flexibility index (Phi) is 3.83. The average molecular weight is 158 g/mol. The van der Waals surface area contributed by atoms with Crippen molar-refractivity contribution in [1.29, 1.82) is 0 Å². The maximum Gasteiger partial charge on any atom is 0.0685 e. The molecule has 1 aliphatic heterocycles. The van der Waals surface area contributed by atoms with Crippen LogP contribution in [0.1, 0.15) is 12.8 Å². The molecule has 1 N–H and O–H groups in total. The molecule has 1 fully saturated rings. The number of hydroxylamine groups is 1. The minimum atomic E-state index is 0.842. The first-order chi connectivity index (χ1) is 5.33. The summed E-state index contributed by atoms with van der Waals surface area (Å²) in [5.41, 5.74) is 2.69. The SMILES string of the molecule is CNOCCC1CCN(C)C1. The second-order valence-electron chi connectivity index (χ2n) is 3.26. The Morgan fingerprint density at radius 2 is 2.45 bits per heavy atom. The van der Waals surface area contributed by atoms with Gasteiger partial charge in [-0.3, -0.25) is 0 Å². The van der Waals surface area contributed by atoms with Crippen LogP contribution in [-0.4, -0.2) is 38.7 Å². The molecule has 1 heterocycles. The third kappa shape index (κ3) is 3.18. The first-order valence-corrected chi connectivity index (χ1v) is 4.30. The number of rotatable bonds is 4. The molecule has 66 valence electrons. The van der Waals surface area contributed by atoms with E-state index in [1.165, 1.54) is 25.9 Å². The fourth-order valence-electron chi connectivity index (χ4n) is 1.59. The quantitative estimate of drug-likeness (QED) is 0.476. The van der Waals surface area contributed by atoms with E-state index in [1.54, 1.807) is 7.05 Å². The van der Waals surface area contributed by atoms with Crippen molar-refractivity contribution in [1.82, 2.24) is 10.4 Å². The van der Waals surface area contributed by atoms with Crippen molar-refractivity contribution in [2.24, 2.45) is 5.92 Å². The lowest BCUT2D eigenvalue weighted by Gasteiger charge is -2.09. The summed E-state index contributed by atoms with van der Waals surface area (Å²) in [5, 5.41) is 0. The minimum Gasteiger partial charge on any atom is -0.306 e. The van der Waals surface area contributed by atoms with E-state index in [9.17, 15) is 0 Å². The van der Waals surface area contributed by atoms with Crippen LogP contribution in [0.15, 0.2) is 0 Å². The van der Waals surface area contributed by atoms with Crippen molar-refractivity contribution in [3.05, 3.63) is 0 Å². The average Bonchev–Trinajstić information content (AvgIpc) is 2.37. The van der Waals surface area contributed by atoms with Gasteiger partial charge < -0.3 is 9.74 Å². The summed E-state index contributed by atoms with van der Waals surface area (Å²) in [6, 6.07) is 0. The second kappa shape index (κ2) is 4.70. The minimum absolute atomic E-state index is 0.842. The van der Waals surface area contributed by atoms with E-state index in [1.807, 2.05) is 0 Å². The van der Waals surface area contributed by atoms with E-state index >= 15 is 0 Å². The van der Waals surface area contributed by atoms with E-state index in [0.29, 0.717) is 0 Å². The predicted molar refractivity (Wildman–Crippen MR) is 45.2 cm³/mol. The summed E-state index contributed by atoms with van der Waals surface area (Å²) in [4.78, 5) is 7.44. The molecule has 11 heavy (non-hydrogen) atoms. The molecule has 1 saturated heterocycles. The highest BCUT2D eigenvalue weighted by Gasteiger charge is 2.18. The molecule has 1 atom stereocenters. The van der Waals surface area contributed by atoms with E-state index in [-0.39, 0.29) is 0 Å². The Morgan fingerprint density at radius 3 is 3.00 bits per heavy atom. The zero-order valence-corrected chi connectivity index (χ0v) is 7.47. The summed E-state index contributed by atoms with van der Waals surface area (Å²) in [7, 11) is 3.99. The maximum absolute atomic E-state index is 5.06. The van der Waals surface area contributed by atoms with Crippen LogP contribution < -0.4 is 5.48 Å². The molecule has 0 spiro atoms. The largest absolute Gasteiger partial charge is 0.306 e. The molecule has 1 aliphatic rings. The normalized spacial score (nSPS) is 26.2. The number of nitrogens with one attached hydrogen (secondary N) is 1. The van der Waals surface area contributed by atoms with Gasteiger partial charge in [-0.05, 0) is 32.4 Å². The monoisotopic (exact) mass is 158 g/mol. The lowest BCUT2D eigenvalue weighted by atomic mass is 10.1. The standard InChI is InChI=1S/C8H18N2O/c1-9-11-6-4-8-3-5-10(2)7-8/h8-9H,3-7H2,1-2H3. The first-order valence-electron chi connectivity index (χ1n) is 4.30. The van der Waals surface area contributed by atoms with Gasteiger partial charge in [-0.15, -0.1) is 0 Å². The van der Waals surface area contributed by atoms with Crippen molar-refractivity contribution >= 4 is 0 Å². The van der Waals surface area contributed by atoms with Crippen molar-refractivity contribution in [3.63, 3.8) is 0 Å². The van der Waals surface area contributed by atoms with Gasteiger partial charge in [-0.2, -0.15) is 0 Å². The highest BCUT2D eigenvalue weighted by molar-refractivity contribution is 4.72. The Balaban J connectivity index is 1.99. The summed E-state index contributed by atoms with van der Waals surface area (Å²) in [5.74, 6) is 0.855. The fourth-order valence-corrected chi connectivity index (χ4v) is 1.59. The van der Waals surface area contributed by atoms with E-state index < -0.39 is 0 Å². The zero-order valence-electron chi connectivity index (χ0n) is 7.47. The Bertz CT molecular complexity index is 108. The third-order valence-electron chi connectivity index (χ3n) is 2.26. The second-order valence-corrected chi connectivity index (χ2v) is 3.26. The molecule has 1 rings (SSSR count). The van der Waals surface area contributed by atoms with Gasteiger partial charge in [-0.25, -0.2) is 5.48 Å². The van der Waals surface area contributed by atoms with Gasteiger partial charge in [0, 0.05) is 13.6 Å². The van der Waals surface area contributed by atoms with Gasteiger partial charge >= 0.3 is 0 Å². The lowest BCUT2D eigenvalue weighted by Crippen LogP contribution is -2.16. The molecular formula is C8H18N2O. The van der Waals surface area contributed by atoms with Crippen LogP contribution in [0, 0.1) is 5.92 Å². The van der Waals surface area contributed by atoms with Crippen LogP contribution in [0.3, 0.4) is 0 Å². The summed E-state index contributed by atoms with van der Waals surface area (Å²) < 4.78 is 0. The number of nitrogens with zero attached hydrogens (tertiary/aromatic N) is 1. The van der Waals surface area contributed by atoms with E-state index in [2.05, 4.69) is 17.4 Å². The lowest BCUT2D eigenvalue weighted by molar-refractivity contribution is 0.0490. The van der Waals surface area contributed by atoms with Gasteiger partial charge in [0.15, 0.2) is 0 Å². The van der Waals surface area contributed by atoms with Crippen LogP contribution in [0.25, 0.3) is 0 Å². The van der Waals surface area contributed by atoms with Crippen LogP contribution in [0.2, 0.25) is 0 Å². The molecule has 0 aromatic rings. The predicted octanol–water partition coefficient (Wildman–Crippen LogP) is 0.479. The third-order valence-corrected chi connectivity index (χ3v) is 2.26. The number of hydrogen-bond acceptors (Lipinski definition) is 3. The highest BCUT2D eigenvalue weighted by Crippen LogP contribution is 2.17. The Hall–Kier alpha value is -0.120. The van der Waals surface area contributed by atoms with Crippen LogP contribution >= 0.6 is 0 Å². The zero-order chi connectivity index (χ0) is 8.10. The van der Waals surface area contributed by atoms with Crippen molar-refractivity contribution < 1.29 is 4.84 Å². The smallest absolute Gasteiger partial charge is 0.0685 e. The molecule has 0 amide bonds. The van der Waals surface area contributed by atoms with Gasteiger partial charge in [0.2, 0.25) is 0 Å². The van der Waals surface area contributed by atoms with Crippen molar-refractivity contribution in [2.75, 3.05) is 33.8 Å². The fraction of sp³-hybridized carbons (Fsp3) is 1.00. The number of likely N-dealkylation sites (tertiary alicyclic amines) is 1. The number of hydrogen-bond donors (Lipinski definition) is 1. The van der Waals surface area contributed by atoms with Crippen molar-refractivity contribution in [3.8, 4) is 0 Å². The van der Waals surface area contributed by atoms with Gasteiger partial charge in [-0.1, -0.05) is 0 Å². The molecule has 3 nitrogen and oxygen atoms in total. The van der Waals surface area contributed by atoms with Crippen LogP contribution in [-0.2, 0) is 4.84 Å². The van der Waals surface area contributed by atoms with Crippen molar-refractivity contribution in [2.45, 2.75) is 12.8 Å². The molecule has 0 aliphatic carbocycles. The Labute approximate surface area is 68.7 Å². The first kappa shape index (κ1) is 8.97. The maximum atomic E-state index is 5.06. The molecule has 0 bridgehead atoms. The van der Waals surface area contributed by atoms with E-state index in [4.69, 9.17) is 4.84 Å². The Morgan fingerprint density at radius 1 is 1.64 bits per heavy atom. The van der Waals surface area contributed by atoms with Crippen LogP contribution in [0.5, 0.6) is 0 Å².